The van der Waals surface area contributed by atoms with Gasteiger partial charge in [-0.15, -0.1) is 6.58 Å². The van der Waals surface area contributed by atoms with Gasteiger partial charge in [0.05, 0.1) is 5.60 Å². The molecule has 0 atom stereocenters. The number of rotatable bonds is 3. The summed E-state index contributed by atoms with van der Waals surface area (Å²) in [4.78, 5) is 0. The van der Waals surface area contributed by atoms with Crippen LogP contribution in [0, 0.1) is 17.8 Å². The fraction of sp³-hybridized carbons (Fsp3) is 0.857. The summed E-state index contributed by atoms with van der Waals surface area (Å²) in [5, 5.41) is 0. The molecule has 16 heavy (non-hydrogen) atoms. The number of hydrogen-bond donors (Lipinski definition) is 0. The van der Waals surface area contributed by atoms with Crippen molar-refractivity contribution in [3.63, 3.8) is 0 Å². The van der Waals surface area contributed by atoms with Crippen LogP contribution in [0.5, 0.6) is 0 Å². The van der Waals surface area contributed by atoms with Gasteiger partial charge in [0.25, 0.3) is 0 Å². The molecule has 0 aromatic heterocycles. The molecular formula is C14H24OSi. The molecule has 0 N–H and O–H groups in total. The standard InChI is InChI=1S/C14H24OSi/c1-4-16(2,3)15-14-8-11-5-12(9-14)7-13(6-11)10-14/h4,11-13H,1,5-10H2,2-3H3. The SMILES string of the molecule is C=C[Si](C)(C)OC12CC3CC(CC(C3)C1)C2. The Balaban J connectivity index is 1.81. The number of hydrogen-bond acceptors (Lipinski definition) is 1. The highest BCUT2D eigenvalue weighted by Gasteiger charge is 2.52. The topological polar surface area (TPSA) is 9.23 Å². The molecular weight excluding hydrogens is 212 g/mol. The smallest absolute Gasteiger partial charge is 0.211 e. The zero-order valence-electron chi connectivity index (χ0n) is 10.7. The predicted octanol–water partition coefficient (Wildman–Crippen LogP) is 3.90. The van der Waals surface area contributed by atoms with Gasteiger partial charge >= 0.3 is 0 Å². The molecule has 0 heterocycles. The highest BCUT2D eigenvalue weighted by molar-refractivity contribution is 6.76. The Morgan fingerprint density at radius 1 is 1.06 bits per heavy atom. The van der Waals surface area contributed by atoms with Crippen LogP contribution in [-0.2, 0) is 4.43 Å². The van der Waals surface area contributed by atoms with Gasteiger partial charge in [-0.1, -0.05) is 5.70 Å². The van der Waals surface area contributed by atoms with Crippen molar-refractivity contribution >= 4 is 8.32 Å². The van der Waals surface area contributed by atoms with Gasteiger partial charge in [-0.2, -0.15) is 0 Å². The summed E-state index contributed by atoms with van der Waals surface area (Å²) in [6.45, 7) is 8.55. The van der Waals surface area contributed by atoms with Crippen LogP contribution in [0.1, 0.15) is 38.5 Å². The van der Waals surface area contributed by atoms with Crippen molar-refractivity contribution in [3.05, 3.63) is 12.3 Å². The lowest BCUT2D eigenvalue weighted by Gasteiger charge is -2.58. The highest BCUT2D eigenvalue weighted by atomic mass is 28.4. The van der Waals surface area contributed by atoms with Crippen LogP contribution in [0.3, 0.4) is 0 Å². The van der Waals surface area contributed by atoms with E-state index in [1.165, 1.54) is 38.5 Å². The molecule has 4 bridgehead atoms. The van der Waals surface area contributed by atoms with Gasteiger partial charge in [-0.25, -0.2) is 0 Å². The van der Waals surface area contributed by atoms with E-state index >= 15 is 0 Å². The lowest BCUT2D eigenvalue weighted by Crippen LogP contribution is -2.55. The van der Waals surface area contributed by atoms with Crippen molar-refractivity contribution in [2.24, 2.45) is 17.8 Å². The van der Waals surface area contributed by atoms with Gasteiger partial charge < -0.3 is 4.43 Å². The maximum Gasteiger partial charge on any atom is 0.211 e. The Bertz CT molecular complexity index is 273. The van der Waals surface area contributed by atoms with Crippen LogP contribution >= 0.6 is 0 Å². The van der Waals surface area contributed by atoms with E-state index in [1.807, 2.05) is 0 Å². The molecule has 4 aliphatic rings. The van der Waals surface area contributed by atoms with E-state index in [0.717, 1.165) is 17.8 Å². The van der Waals surface area contributed by atoms with E-state index in [9.17, 15) is 0 Å². The first-order chi connectivity index (χ1) is 7.50. The van der Waals surface area contributed by atoms with E-state index in [0.29, 0.717) is 0 Å². The van der Waals surface area contributed by atoms with Gasteiger partial charge in [0.2, 0.25) is 8.32 Å². The normalized spacial score (nSPS) is 46.0. The summed E-state index contributed by atoms with van der Waals surface area (Å²) in [7, 11) is -1.60. The van der Waals surface area contributed by atoms with Crippen LogP contribution in [0.25, 0.3) is 0 Å². The van der Waals surface area contributed by atoms with Crippen molar-refractivity contribution in [3.8, 4) is 0 Å². The van der Waals surface area contributed by atoms with Gasteiger partial charge in [-0.3, -0.25) is 0 Å². The Hall–Kier alpha value is -0.0831. The molecule has 0 aliphatic heterocycles. The highest BCUT2D eigenvalue weighted by Crippen LogP contribution is 2.57. The van der Waals surface area contributed by atoms with E-state index < -0.39 is 8.32 Å². The Labute approximate surface area is 100 Å². The van der Waals surface area contributed by atoms with Crippen LogP contribution < -0.4 is 0 Å². The molecule has 0 radical (unpaired) electrons. The van der Waals surface area contributed by atoms with Crippen molar-refractivity contribution in [1.82, 2.24) is 0 Å². The fourth-order valence-electron chi connectivity index (χ4n) is 4.76. The van der Waals surface area contributed by atoms with Crippen molar-refractivity contribution in [1.29, 1.82) is 0 Å². The van der Waals surface area contributed by atoms with Crippen LogP contribution in [-0.4, -0.2) is 13.9 Å². The summed E-state index contributed by atoms with van der Waals surface area (Å²) in [5.74, 6) is 2.96. The molecule has 4 rings (SSSR count). The Morgan fingerprint density at radius 3 is 1.88 bits per heavy atom. The Morgan fingerprint density at radius 2 is 1.50 bits per heavy atom. The first-order valence-corrected chi connectivity index (χ1v) is 9.83. The second kappa shape index (κ2) is 3.46. The summed E-state index contributed by atoms with van der Waals surface area (Å²) < 4.78 is 6.61. The zero-order chi connectivity index (χ0) is 11.4. The molecule has 4 saturated carbocycles. The van der Waals surface area contributed by atoms with E-state index in [1.54, 1.807) is 0 Å². The van der Waals surface area contributed by atoms with Crippen LogP contribution in [0.4, 0.5) is 0 Å². The molecule has 1 nitrogen and oxygen atoms in total. The quantitative estimate of drug-likeness (QED) is 0.675. The summed E-state index contributed by atoms with van der Waals surface area (Å²) in [5.41, 5.74) is 2.38. The fourth-order valence-corrected chi connectivity index (χ4v) is 6.21. The molecule has 0 spiro atoms. The third kappa shape index (κ3) is 1.80. The van der Waals surface area contributed by atoms with Gasteiger partial charge in [0, 0.05) is 0 Å². The van der Waals surface area contributed by atoms with E-state index in [2.05, 4.69) is 25.4 Å². The van der Waals surface area contributed by atoms with Crippen LogP contribution in [0.2, 0.25) is 13.1 Å². The summed E-state index contributed by atoms with van der Waals surface area (Å²) in [6.07, 6.45) is 8.55. The van der Waals surface area contributed by atoms with Crippen molar-refractivity contribution in [2.45, 2.75) is 57.2 Å². The molecule has 4 fully saturated rings. The largest absolute Gasteiger partial charge is 0.408 e. The van der Waals surface area contributed by atoms with Gasteiger partial charge in [-0.05, 0) is 69.4 Å². The van der Waals surface area contributed by atoms with Crippen LogP contribution in [0.15, 0.2) is 12.3 Å². The first-order valence-electron chi connectivity index (χ1n) is 6.84. The minimum absolute atomic E-state index is 0.276. The molecule has 90 valence electrons. The van der Waals surface area contributed by atoms with Gasteiger partial charge in [0.1, 0.15) is 0 Å². The summed E-state index contributed by atoms with van der Waals surface area (Å²) in [6, 6.07) is 0. The molecule has 0 unspecified atom stereocenters. The lowest BCUT2D eigenvalue weighted by molar-refractivity contribution is -0.111. The summed E-state index contributed by atoms with van der Waals surface area (Å²) >= 11 is 0. The average Bonchev–Trinajstić information content (AvgIpc) is 2.13. The molecule has 0 saturated heterocycles. The third-order valence-electron chi connectivity index (χ3n) is 4.95. The predicted molar refractivity (Wildman–Crippen MR) is 69.7 cm³/mol. The molecule has 0 aromatic rings. The first kappa shape index (κ1) is 11.0. The lowest BCUT2D eigenvalue weighted by atomic mass is 9.54. The minimum Gasteiger partial charge on any atom is -0.408 e. The Kier molecular flexibility index (Phi) is 2.38. The molecule has 0 amide bonds. The van der Waals surface area contributed by atoms with Gasteiger partial charge in [0.15, 0.2) is 0 Å². The second-order valence-corrected chi connectivity index (χ2v) is 10.8. The average molecular weight is 236 g/mol. The zero-order valence-corrected chi connectivity index (χ0v) is 11.7. The molecule has 2 heteroatoms. The minimum atomic E-state index is -1.60. The molecule has 0 aromatic carbocycles. The third-order valence-corrected chi connectivity index (χ3v) is 6.90. The van der Waals surface area contributed by atoms with Crippen molar-refractivity contribution in [2.75, 3.05) is 0 Å². The molecule has 4 aliphatic carbocycles. The maximum atomic E-state index is 6.61. The van der Waals surface area contributed by atoms with E-state index in [4.69, 9.17) is 4.43 Å². The van der Waals surface area contributed by atoms with Crippen molar-refractivity contribution < 1.29 is 4.43 Å². The monoisotopic (exact) mass is 236 g/mol. The maximum absolute atomic E-state index is 6.61. The van der Waals surface area contributed by atoms with E-state index in [-0.39, 0.29) is 5.60 Å². The second-order valence-electron chi connectivity index (χ2n) is 7.01.